The summed E-state index contributed by atoms with van der Waals surface area (Å²) in [5.74, 6) is -1.50. The number of rotatable bonds is 4. The molecule has 4 rings (SSSR count). The van der Waals surface area contributed by atoms with Crippen molar-refractivity contribution in [3.05, 3.63) is 79.6 Å². The summed E-state index contributed by atoms with van der Waals surface area (Å²) in [5.41, 5.74) is 0.789. The second-order valence-electron chi connectivity index (χ2n) is 5.52. The van der Waals surface area contributed by atoms with E-state index in [4.69, 9.17) is 0 Å². The molecule has 8 heteroatoms. The fourth-order valence-corrected chi connectivity index (χ4v) is 4.66. The fourth-order valence-electron chi connectivity index (χ4n) is 2.90. The topological polar surface area (TPSA) is 70.5 Å². The molecule has 1 amide bonds. The van der Waals surface area contributed by atoms with E-state index in [0.29, 0.717) is 15.6 Å². The monoisotopic (exact) mass is 446 g/mol. The van der Waals surface area contributed by atoms with Crippen LogP contribution in [0.5, 0.6) is 0 Å². The molecule has 1 atom stereocenters. The number of hydrogen-bond donors (Lipinski definition) is 1. The van der Waals surface area contributed by atoms with Gasteiger partial charge in [0.1, 0.15) is 0 Å². The number of amides is 1. The van der Waals surface area contributed by atoms with E-state index in [1.54, 1.807) is 29.1 Å². The quantitative estimate of drug-likeness (QED) is 0.586. The van der Waals surface area contributed by atoms with E-state index in [9.17, 15) is 14.7 Å². The lowest BCUT2D eigenvalue weighted by molar-refractivity contribution is -0.117. The first-order valence-electron chi connectivity index (χ1n) is 7.58. The molecule has 1 aromatic carbocycles. The van der Waals surface area contributed by atoms with Crippen molar-refractivity contribution in [1.82, 2.24) is 4.98 Å². The van der Waals surface area contributed by atoms with E-state index >= 15 is 0 Å². The molecule has 0 aliphatic carbocycles. The first kappa shape index (κ1) is 17.1. The minimum Gasteiger partial charge on any atom is -0.503 e. The standard InChI is InChI=1S/C18H11BrN2O3S2/c19-11-4-1-3-10(9-11)14-13(15(22)12-5-2-7-25-12)16(23)17(24)21(14)18-20-6-8-26-18/h1-9,14,23H/t14-/m0/s1. The first-order chi connectivity index (χ1) is 12.6. The van der Waals surface area contributed by atoms with Crippen LogP contribution in [0.1, 0.15) is 21.3 Å². The molecular formula is C18H11BrN2O3S2. The Kier molecular flexibility index (Phi) is 4.47. The number of thiazole rings is 1. The maximum atomic E-state index is 13.0. The van der Waals surface area contributed by atoms with E-state index in [1.807, 2.05) is 24.3 Å². The fraction of sp³-hybridized carbons (Fsp3) is 0.0556. The van der Waals surface area contributed by atoms with Gasteiger partial charge in [-0.15, -0.1) is 22.7 Å². The van der Waals surface area contributed by atoms with Gasteiger partial charge in [-0.25, -0.2) is 4.98 Å². The maximum Gasteiger partial charge on any atom is 0.296 e. The van der Waals surface area contributed by atoms with Crippen LogP contribution in [0, 0.1) is 0 Å². The number of carbonyl (C=O) groups is 2. The normalized spacial score (nSPS) is 17.2. The van der Waals surface area contributed by atoms with Crippen molar-refractivity contribution < 1.29 is 14.7 Å². The summed E-state index contributed by atoms with van der Waals surface area (Å²) in [6, 6.07) is 10.1. The van der Waals surface area contributed by atoms with E-state index < -0.39 is 17.7 Å². The number of aromatic nitrogens is 1. The average molecular weight is 447 g/mol. The van der Waals surface area contributed by atoms with Crippen LogP contribution in [0.15, 0.2) is 69.2 Å². The molecule has 3 heterocycles. The summed E-state index contributed by atoms with van der Waals surface area (Å²) in [5, 5.41) is 14.5. The number of ketones is 1. The van der Waals surface area contributed by atoms with Gasteiger partial charge in [-0.3, -0.25) is 14.5 Å². The third kappa shape index (κ3) is 2.80. The van der Waals surface area contributed by atoms with Crippen molar-refractivity contribution in [2.45, 2.75) is 6.04 Å². The molecule has 0 bridgehead atoms. The molecule has 0 fully saturated rings. The smallest absolute Gasteiger partial charge is 0.296 e. The Morgan fingerprint density at radius 1 is 1.19 bits per heavy atom. The van der Waals surface area contributed by atoms with Gasteiger partial charge >= 0.3 is 0 Å². The highest BCUT2D eigenvalue weighted by atomic mass is 79.9. The Hall–Kier alpha value is -2.29. The summed E-state index contributed by atoms with van der Waals surface area (Å²) >= 11 is 5.97. The first-order valence-corrected chi connectivity index (χ1v) is 10.1. The minimum absolute atomic E-state index is 0.0748. The lowest BCUT2D eigenvalue weighted by Crippen LogP contribution is -2.30. The number of hydrogen-bond acceptors (Lipinski definition) is 6. The molecule has 0 radical (unpaired) electrons. The van der Waals surface area contributed by atoms with Gasteiger partial charge in [0.05, 0.1) is 16.5 Å². The van der Waals surface area contributed by atoms with E-state index in [1.165, 1.54) is 27.6 Å². The average Bonchev–Trinajstić information content (AvgIpc) is 3.37. The maximum absolute atomic E-state index is 13.0. The van der Waals surface area contributed by atoms with Crippen LogP contribution in [0.4, 0.5) is 5.13 Å². The Labute approximate surface area is 165 Å². The van der Waals surface area contributed by atoms with Crippen molar-refractivity contribution >= 4 is 55.4 Å². The highest BCUT2D eigenvalue weighted by Gasteiger charge is 2.45. The third-order valence-electron chi connectivity index (χ3n) is 3.99. The van der Waals surface area contributed by atoms with Crippen LogP contribution in [0.3, 0.4) is 0 Å². The molecule has 1 aliphatic rings. The van der Waals surface area contributed by atoms with Gasteiger partial charge in [-0.2, -0.15) is 0 Å². The zero-order chi connectivity index (χ0) is 18.3. The number of benzene rings is 1. The summed E-state index contributed by atoms with van der Waals surface area (Å²) < 4.78 is 0.816. The molecule has 0 unspecified atom stereocenters. The lowest BCUT2D eigenvalue weighted by Gasteiger charge is -2.24. The van der Waals surface area contributed by atoms with E-state index in [-0.39, 0.29) is 11.4 Å². The number of anilines is 1. The molecule has 5 nitrogen and oxygen atoms in total. The molecule has 3 aromatic rings. The number of halogens is 1. The summed E-state index contributed by atoms with van der Waals surface area (Å²) in [6.45, 7) is 0. The Bertz CT molecular complexity index is 1010. The van der Waals surface area contributed by atoms with Crippen molar-refractivity contribution in [3.63, 3.8) is 0 Å². The zero-order valence-corrected chi connectivity index (χ0v) is 16.3. The highest BCUT2D eigenvalue weighted by molar-refractivity contribution is 9.10. The molecule has 1 N–H and O–H groups in total. The van der Waals surface area contributed by atoms with Crippen LogP contribution < -0.4 is 4.90 Å². The second kappa shape index (κ2) is 6.79. The largest absolute Gasteiger partial charge is 0.503 e. The summed E-state index contributed by atoms with van der Waals surface area (Å²) in [7, 11) is 0. The zero-order valence-electron chi connectivity index (χ0n) is 13.1. The number of thiophene rings is 1. The molecule has 0 saturated heterocycles. The Balaban J connectivity index is 1.89. The minimum atomic E-state index is -0.735. The number of Topliss-reactive ketones (excluding diaryl/α,β-unsaturated/α-hetero) is 1. The van der Waals surface area contributed by atoms with Crippen molar-refractivity contribution in [2.24, 2.45) is 0 Å². The Morgan fingerprint density at radius 2 is 2.04 bits per heavy atom. The van der Waals surface area contributed by atoms with Crippen molar-refractivity contribution in [1.29, 1.82) is 0 Å². The molecule has 0 saturated carbocycles. The predicted molar refractivity (Wildman–Crippen MR) is 105 cm³/mol. The van der Waals surface area contributed by atoms with Gasteiger partial charge in [0.2, 0.25) is 5.78 Å². The van der Waals surface area contributed by atoms with Gasteiger partial charge in [0.25, 0.3) is 5.91 Å². The van der Waals surface area contributed by atoms with Gasteiger partial charge in [-0.1, -0.05) is 34.1 Å². The lowest BCUT2D eigenvalue weighted by atomic mass is 9.96. The number of aliphatic hydroxyl groups excluding tert-OH is 1. The SMILES string of the molecule is O=C(C1=C(O)C(=O)N(c2nccs2)[C@H]1c1cccc(Br)c1)c1cccs1. The van der Waals surface area contributed by atoms with E-state index in [2.05, 4.69) is 20.9 Å². The number of carbonyl (C=O) groups excluding carboxylic acids is 2. The number of aliphatic hydroxyl groups is 1. The Morgan fingerprint density at radius 3 is 2.69 bits per heavy atom. The van der Waals surface area contributed by atoms with Crippen LogP contribution in [-0.4, -0.2) is 21.8 Å². The van der Waals surface area contributed by atoms with Crippen LogP contribution in [0.2, 0.25) is 0 Å². The third-order valence-corrected chi connectivity index (χ3v) is 6.12. The molecule has 0 spiro atoms. The highest BCUT2D eigenvalue weighted by Crippen LogP contribution is 2.43. The van der Waals surface area contributed by atoms with Crippen molar-refractivity contribution in [3.8, 4) is 0 Å². The molecule has 2 aromatic heterocycles. The van der Waals surface area contributed by atoms with Gasteiger partial charge in [0, 0.05) is 16.0 Å². The van der Waals surface area contributed by atoms with Gasteiger partial charge in [0.15, 0.2) is 10.9 Å². The van der Waals surface area contributed by atoms with Crippen LogP contribution in [0.25, 0.3) is 0 Å². The van der Waals surface area contributed by atoms with Gasteiger partial charge in [-0.05, 0) is 29.1 Å². The van der Waals surface area contributed by atoms with Crippen LogP contribution in [-0.2, 0) is 4.79 Å². The van der Waals surface area contributed by atoms with E-state index in [0.717, 1.165) is 4.47 Å². The summed E-state index contributed by atoms with van der Waals surface area (Å²) in [4.78, 5) is 31.9. The second-order valence-corrected chi connectivity index (χ2v) is 8.25. The van der Waals surface area contributed by atoms with Gasteiger partial charge < -0.3 is 5.11 Å². The molecular weight excluding hydrogens is 436 g/mol. The van der Waals surface area contributed by atoms with Crippen LogP contribution >= 0.6 is 38.6 Å². The van der Waals surface area contributed by atoms with Crippen molar-refractivity contribution in [2.75, 3.05) is 4.90 Å². The predicted octanol–water partition coefficient (Wildman–Crippen LogP) is 4.75. The molecule has 130 valence electrons. The summed E-state index contributed by atoms with van der Waals surface area (Å²) in [6.07, 6.45) is 1.58. The molecule has 26 heavy (non-hydrogen) atoms. The molecule has 1 aliphatic heterocycles. The number of nitrogens with zero attached hydrogens (tertiary/aromatic N) is 2.